The number of hydrogen-bond donors (Lipinski definition) is 0. The molecule has 0 saturated heterocycles. The number of esters is 4. The van der Waals surface area contributed by atoms with Gasteiger partial charge in [0.25, 0.3) is 0 Å². The lowest BCUT2D eigenvalue weighted by Gasteiger charge is -2.32. The largest absolute Gasteiger partial charge is 0.462 e. The molecule has 0 aromatic rings. The maximum atomic E-state index is 12.6. The van der Waals surface area contributed by atoms with Crippen molar-refractivity contribution < 1.29 is 64.5 Å². The summed E-state index contributed by atoms with van der Waals surface area (Å²) < 4.78 is 92.6. The molecule has 0 spiro atoms. The fourth-order valence-electron chi connectivity index (χ4n) is 3.18. The van der Waals surface area contributed by atoms with Crippen LogP contribution in [0, 0.1) is 23.2 Å². The first-order valence-electron chi connectivity index (χ1n) is 10.8. The third-order valence-electron chi connectivity index (χ3n) is 5.54. The van der Waals surface area contributed by atoms with Crippen LogP contribution in [0.1, 0.15) is 46.5 Å². The van der Waals surface area contributed by atoms with E-state index >= 15 is 0 Å². The van der Waals surface area contributed by atoms with Gasteiger partial charge in [0, 0.05) is 0 Å². The summed E-state index contributed by atoms with van der Waals surface area (Å²) in [5.74, 6) is -8.40. The maximum absolute atomic E-state index is 12.6. The zero-order valence-corrected chi connectivity index (χ0v) is 19.4. The first-order chi connectivity index (χ1) is 16.0. The number of ether oxygens (including phenoxy) is 4. The monoisotopic (exact) mass is 522 g/mol. The third kappa shape index (κ3) is 10.7. The molecule has 35 heavy (non-hydrogen) atoms. The minimum absolute atomic E-state index is 0.212. The Bertz CT molecular complexity index is 762. The molecule has 0 aliphatic heterocycles. The molecule has 3 atom stereocenters. The summed E-state index contributed by atoms with van der Waals surface area (Å²) in [6.45, 7) is 0.489. The van der Waals surface area contributed by atoms with Crippen LogP contribution >= 0.6 is 0 Å². The molecule has 0 amide bonds. The highest BCUT2D eigenvalue weighted by molar-refractivity contribution is 5.84. The molecule has 0 aromatic heterocycles. The average molecular weight is 522 g/mol. The molecule has 1 aliphatic rings. The Kier molecular flexibility index (Phi) is 10.8. The van der Waals surface area contributed by atoms with Crippen LogP contribution in [0.15, 0.2) is 0 Å². The molecule has 0 aromatic carbocycles. The van der Waals surface area contributed by atoms with Gasteiger partial charge in [-0.1, -0.05) is 6.92 Å². The molecule has 0 heterocycles. The van der Waals surface area contributed by atoms with Crippen molar-refractivity contribution in [2.45, 2.75) is 58.8 Å². The van der Waals surface area contributed by atoms with Gasteiger partial charge in [0.2, 0.25) is 0 Å². The van der Waals surface area contributed by atoms with Crippen LogP contribution in [0.5, 0.6) is 0 Å². The van der Waals surface area contributed by atoms with Crippen molar-refractivity contribution in [2.24, 2.45) is 23.2 Å². The zero-order chi connectivity index (χ0) is 27.0. The lowest BCUT2D eigenvalue weighted by molar-refractivity contribution is -0.195. The summed E-state index contributed by atoms with van der Waals surface area (Å²) in [4.78, 5) is 48.7. The van der Waals surface area contributed by atoms with Crippen molar-refractivity contribution in [2.75, 3.05) is 26.4 Å². The molecule has 1 rings (SSSR count). The lowest BCUT2D eigenvalue weighted by atomic mass is 9.74. The topological polar surface area (TPSA) is 105 Å². The van der Waals surface area contributed by atoms with E-state index in [1.807, 2.05) is 0 Å². The molecular formula is C21H28F6O8. The summed E-state index contributed by atoms with van der Waals surface area (Å²) in [6.07, 6.45) is -10.2. The first-order valence-corrected chi connectivity index (χ1v) is 10.8. The van der Waals surface area contributed by atoms with E-state index in [9.17, 15) is 45.5 Å². The van der Waals surface area contributed by atoms with Gasteiger partial charge in [0.05, 0.1) is 23.2 Å². The molecular weight excluding hydrogens is 494 g/mol. The van der Waals surface area contributed by atoms with E-state index < -0.39 is 85.6 Å². The SMILES string of the molecule is CCC(C)(C)C(=O)OCCOC(=O)C1CC(C(=O)OCC(F)(F)F)CCC1C(=O)OCC(F)(F)F. The molecule has 1 fully saturated rings. The molecule has 1 saturated carbocycles. The minimum Gasteiger partial charge on any atom is -0.462 e. The third-order valence-corrected chi connectivity index (χ3v) is 5.54. The predicted octanol–water partition coefficient (Wildman–Crippen LogP) is 3.75. The van der Waals surface area contributed by atoms with E-state index in [0.717, 1.165) is 0 Å². The summed E-state index contributed by atoms with van der Waals surface area (Å²) in [5, 5.41) is 0. The number of hydrogen-bond acceptors (Lipinski definition) is 8. The Morgan fingerprint density at radius 1 is 0.714 bits per heavy atom. The lowest BCUT2D eigenvalue weighted by Crippen LogP contribution is -2.41. The molecule has 0 bridgehead atoms. The summed E-state index contributed by atoms with van der Waals surface area (Å²) in [6, 6.07) is 0. The van der Waals surface area contributed by atoms with Gasteiger partial charge in [0.15, 0.2) is 13.2 Å². The van der Waals surface area contributed by atoms with E-state index in [2.05, 4.69) is 9.47 Å². The molecule has 1 aliphatic carbocycles. The van der Waals surface area contributed by atoms with Crippen molar-refractivity contribution >= 4 is 23.9 Å². The Morgan fingerprint density at radius 3 is 1.71 bits per heavy atom. The van der Waals surface area contributed by atoms with Crippen LogP contribution < -0.4 is 0 Å². The first kappa shape index (κ1) is 30.5. The molecule has 0 N–H and O–H groups in total. The van der Waals surface area contributed by atoms with Crippen molar-refractivity contribution in [3.05, 3.63) is 0 Å². The van der Waals surface area contributed by atoms with Crippen LogP contribution in [0.3, 0.4) is 0 Å². The quantitative estimate of drug-likeness (QED) is 0.185. The van der Waals surface area contributed by atoms with E-state index in [-0.39, 0.29) is 19.4 Å². The van der Waals surface area contributed by atoms with Crippen molar-refractivity contribution in [1.29, 1.82) is 0 Å². The van der Waals surface area contributed by atoms with Gasteiger partial charge in [-0.3, -0.25) is 19.2 Å². The van der Waals surface area contributed by atoms with Crippen molar-refractivity contribution in [3.8, 4) is 0 Å². The molecule has 3 unspecified atom stereocenters. The second kappa shape index (κ2) is 12.4. The molecule has 0 radical (unpaired) electrons. The van der Waals surface area contributed by atoms with Crippen LogP contribution in [0.4, 0.5) is 26.3 Å². The van der Waals surface area contributed by atoms with Gasteiger partial charge in [0.1, 0.15) is 13.2 Å². The number of rotatable bonds is 10. The highest BCUT2D eigenvalue weighted by atomic mass is 19.4. The van der Waals surface area contributed by atoms with Gasteiger partial charge < -0.3 is 18.9 Å². The fourth-order valence-corrected chi connectivity index (χ4v) is 3.18. The number of carbonyl (C=O) groups excluding carboxylic acids is 4. The van der Waals surface area contributed by atoms with Gasteiger partial charge >= 0.3 is 36.2 Å². The smallest absolute Gasteiger partial charge is 0.422 e. The zero-order valence-electron chi connectivity index (χ0n) is 19.4. The average Bonchev–Trinajstić information content (AvgIpc) is 2.76. The Hall–Kier alpha value is -2.54. The minimum atomic E-state index is -4.82. The van der Waals surface area contributed by atoms with Crippen LogP contribution in [-0.4, -0.2) is 62.7 Å². The standard InChI is InChI=1S/C21H28F6O8/c1-4-19(2,3)18(31)33-8-7-32-17(30)14-9-12(15(28)34-10-20(22,23)24)5-6-13(14)16(29)35-11-21(25,26)27/h12-14H,4-11H2,1-3H3. The van der Waals surface area contributed by atoms with Crippen molar-refractivity contribution in [1.82, 2.24) is 0 Å². The van der Waals surface area contributed by atoms with Gasteiger partial charge in [-0.05, 0) is 39.5 Å². The molecule has 202 valence electrons. The fraction of sp³-hybridized carbons (Fsp3) is 0.810. The second-order valence-corrected chi connectivity index (χ2v) is 8.71. The highest BCUT2D eigenvalue weighted by Crippen LogP contribution is 2.37. The van der Waals surface area contributed by atoms with E-state index in [0.29, 0.717) is 6.42 Å². The number of alkyl halides is 6. The van der Waals surface area contributed by atoms with Gasteiger partial charge in [-0.15, -0.1) is 0 Å². The second-order valence-electron chi connectivity index (χ2n) is 8.71. The highest BCUT2D eigenvalue weighted by Gasteiger charge is 2.45. The molecule has 8 nitrogen and oxygen atoms in total. The maximum Gasteiger partial charge on any atom is 0.422 e. The van der Waals surface area contributed by atoms with E-state index in [1.54, 1.807) is 20.8 Å². The normalized spacial score (nSPS) is 21.1. The number of carbonyl (C=O) groups is 4. The van der Waals surface area contributed by atoms with Gasteiger partial charge in [-0.25, -0.2) is 0 Å². The predicted molar refractivity (Wildman–Crippen MR) is 104 cm³/mol. The van der Waals surface area contributed by atoms with Crippen LogP contribution in [-0.2, 0) is 38.1 Å². The van der Waals surface area contributed by atoms with Crippen LogP contribution in [0.2, 0.25) is 0 Å². The summed E-state index contributed by atoms with van der Waals surface area (Å²) in [5.41, 5.74) is -0.787. The van der Waals surface area contributed by atoms with E-state index in [4.69, 9.17) is 9.47 Å². The molecule has 14 heteroatoms. The Morgan fingerprint density at radius 2 is 1.20 bits per heavy atom. The summed E-state index contributed by atoms with van der Waals surface area (Å²) in [7, 11) is 0. The summed E-state index contributed by atoms with van der Waals surface area (Å²) >= 11 is 0. The van der Waals surface area contributed by atoms with Crippen LogP contribution in [0.25, 0.3) is 0 Å². The van der Waals surface area contributed by atoms with Crippen molar-refractivity contribution in [3.63, 3.8) is 0 Å². The van der Waals surface area contributed by atoms with E-state index in [1.165, 1.54) is 0 Å². The van der Waals surface area contributed by atoms with Gasteiger partial charge in [-0.2, -0.15) is 26.3 Å². The Labute approximate surface area is 197 Å². The number of halogens is 6. The Balaban J connectivity index is 2.82.